The number of anilines is 1. The maximum absolute atomic E-state index is 12.5. The van der Waals surface area contributed by atoms with Gasteiger partial charge >= 0.3 is 0 Å². The first-order valence-electron chi connectivity index (χ1n) is 10.3. The number of hydrogen-bond donors (Lipinski definition) is 0. The Balaban J connectivity index is 1.29. The van der Waals surface area contributed by atoms with Gasteiger partial charge in [0.1, 0.15) is 18.5 Å². The molecule has 0 spiro atoms. The number of aromatic nitrogens is 2. The van der Waals surface area contributed by atoms with Gasteiger partial charge in [0.15, 0.2) is 0 Å². The molecule has 3 aliphatic rings. The molecule has 5 rings (SSSR count). The van der Waals surface area contributed by atoms with E-state index >= 15 is 0 Å². The van der Waals surface area contributed by atoms with Crippen LogP contribution < -0.4 is 9.64 Å². The monoisotopic (exact) mass is 382 g/mol. The molecule has 3 fully saturated rings. The summed E-state index contributed by atoms with van der Waals surface area (Å²) in [6, 6.07) is 6.25. The van der Waals surface area contributed by atoms with Gasteiger partial charge in [-0.2, -0.15) is 0 Å². The van der Waals surface area contributed by atoms with E-state index in [2.05, 4.69) is 27.0 Å². The van der Waals surface area contributed by atoms with Crippen LogP contribution in [-0.2, 0) is 9.53 Å². The number of ether oxygens (including phenoxy) is 2. The lowest BCUT2D eigenvalue weighted by Crippen LogP contribution is -2.51. The molecule has 1 amide bonds. The largest absolute Gasteiger partial charge is 0.474 e. The first-order chi connectivity index (χ1) is 13.8. The van der Waals surface area contributed by atoms with Crippen LogP contribution in [0.4, 0.5) is 5.69 Å². The van der Waals surface area contributed by atoms with Crippen LogP contribution in [0.3, 0.4) is 0 Å². The molecule has 3 heterocycles. The Hall–Kier alpha value is -2.41. The highest BCUT2D eigenvalue weighted by Gasteiger charge is 2.30. The van der Waals surface area contributed by atoms with E-state index in [1.54, 1.807) is 6.33 Å². The molecule has 1 atom stereocenters. The van der Waals surface area contributed by atoms with Gasteiger partial charge in [0, 0.05) is 38.5 Å². The van der Waals surface area contributed by atoms with Crippen molar-refractivity contribution in [2.75, 3.05) is 37.7 Å². The second kappa shape index (κ2) is 7.54. The van der Waals surface area contributed by atoms with Gasteiger partial charge in [-0.3, -0.25) is 4.79 Å². The Kier molecular flexibility index (Phi) is 4.76. The van der Waals surface area contributed by atoms with Crippen molar-refractivity contribution >= 4 is 22.5 Å². The Morgan fingerprint density at radius 1 is 1.07 bits per heavy atom. The van der Waals surface area contributed by atoms with Gasteiger partial charge in [0.2, 0.25) is 5.88 Å². The highest BCUT2D eigenvalue weighted by atomic mass is 16.5. The Morgan fingerprint density at radius 3 is 2.64 bits per heavy atom. The zero-order valence-electron chi connectivity index (χ0n) is 16.0. The summed E-state index contributed by atoms with van der Waals surface area (Å²) in [6.45, 7) is 3.80. The lowest BCUT2D eigenvalue weighted by atomic mass is 9.96. The van der Waals surface area contributed by atoms with Crippen molar-refractivity contribution in [2.24, 2.45) is 0 Å². The summed E-state index contributed by atoms with van der Waals surface area (Å²) >= 11 is 0. The molecule has 2 saturated heterocycles. The lowest BCUT2D eigenvalue weighted by Gasteiger charge is -2.37. The number of rotatable bonds is 4. The van der Waals surface area contributed by atoms with E-state index in [1.807, 2.05) is 11.0 Å². The van der Waals surface area contributed by atoms with Gasteiger partial charge in [-0.25, -0.2) is 9.97 Å². The van der Waals surface area contributed by atoms with Crippen molar-refractivity contribution in [3.8, 4) is 5.88 Å². The fourth-order valence-electron chi connectivity index (χ4n) is 4.12. The first kappa shape index (κ1) is 17.7. The quantitative estimate of drug-likeness (QED) is 0.809. The van der Waals surface area contributed by atoms with Crippen LogP contribution in [-0.4, -0.2) is 65.8 Å². The Bertz CT molecular complexity index is 856. The molecule has 0 N–H and O–H groups in total. The SMILES string of the molecule is O=C(C1CCCO1)N1CCN(c2ccc3ncnc(OC4CCC4)c3c2)CC1. The summed E-state index contributed by atoms with van der Waals surface area (Å²) in [7, 11) is 0. The maximum Gasteiger partial charge on any atom is 0.251 e. The molecule has 0 bridgehead atoms. The maximum atomic E-state index is 12.5. The molecule has 1 aromatic heterocycles. The fourth-order valence-corrected chi connectivity index (χ4v) is 4.12. The average Bonchev–Trinajstić information content (AvgIpc) is 3.25. The molecule has 2 aliphatic heterocycles. The molecule has 1 aliphatic carbocycles. The molecule has 1 aromatic carbocycles. The Morgan fingerprint density at radius 2 is 1.93 bits per heavy atom. The van der Waals surface area contributed by atoms with Gasteiger partial charge in [0.05, 0.1) is 10.9 Å². The molecule has 7 nitrogen and oxygen atoms in total. The minimum atomic E-state index is -0.226. The van der Waals surface area contributed by atoms with Crippen LogP contribution >= 0.6 is 0 Å². The highest BCUT2D eigenvalue weighted by Crippen LogP contribution is 2.31. The van der Waals surface area contributed by atoms with Crippen molar-refractivity contribution in [3.05, 3.63) is 24.5 Å². The smallest absolute Gasteiger partial charge is 0.251 e. The highest BCUT2D eigenvalue weighted by molar-refractivity contribution is 5.87. The molecule has 0 radical (unpaired) electrons. The fraction of sp³-hybridized carbons (Fsp3) is 0.571. The normalized spacial score (nSPS) is 23.1. The number of piperazine rings is 1. The van der Waals surface area contributed by atoms with Crippen LogP contribution in [0.25, 0.3) is 10.9 Å². The zero-order valence-corrected chi connectivity index (χ0v) is 16.0. The predicted molar refractivity (Wildman–Crippen MR) is 106 cm³/mol. The van der Waals surface area contributed by atoms with Crippen molar-refractivity contribution in [1.29, 1.82) is 0 Å². The van der Waals surface area contributed by atoms with Gasteiger partial charge in [-0.1, -0.05) is 0 Å². The number of hydrogen-bond acceptors (Lipinski definition) is 6. The number of nitrogens with zero attached hydrogens (tertiary/aromatic N) is 4. The van der Waals surface area contributed by atoms with Crippen molar-refractivity contribution in [2.45, 2.75) is 44.3 Å². The molecule has 1 unspecified atom stereocenters. The third-order valence-corrected chi connectivity index (χ3v) is 6.07. The molecule has 2 aromatic rings. The number of benzene rings is 1. The average molecular weight is 382 g/mol. The Labute approximate surface area is 164 Å². The van der Waals surface area contributed by atoms with Crippen molar-refractivity contribution in [1.82, 2.24) is 14.9 Å². The van der Waals surface area contributed by atoms with Crippen LogP contribution in [0.5, 0.6) is 5.88 Å². The molecular formula is C21H26N4O3. The first-order valence-corrected chi connectivity index (χ1v) is 10.3. The standard InChI is InChI=1S/C21H26N4O3/c26-21(19-5-2-12-27-19)25-10-8-24(9-11-25)15-6-7-18-17(13-15)20(23-14-22-18)28-16-3-1-4-16/h6-7,13-14,16,19H,1-5,8-12H2. The van der Waals surface area contributed by atoms with E-state index < -0.39 is 0 Å². The summed E-state index contributed by atoms with van der Waals surface area (Å²) in [5.74, 6) is 0.837. The van der Waals surface area contributed by atoms with Gasteiger partial charge < -0.3 is 19.3 Å². The van der Waals surface area contributed by atoms with Crippen LogP contribution in [0.1, 0.15) is 32.1 Å². The second-order valence-electron chi connectivity index (χ2n) is 7.87. The molecule has 7 heteroatoms. The van der Waals surface area contributed by atoms with E-state index in [4.69, 9.17) is 9.47 Å². The van der Waals surface area contributed by atoms with E-state index in [-0.39, 0.29) is 18.1 Å². The van der Waals surface area contributed by atoms with Crippen LogP contribution in [0.2, 0.25) is 0 Å². The lowest BCUT2D eigenvalue weighted by molar-refractivity contribution is -0.141. The zero-order chi connectivity index (χ0) is 18.9. The van der Waals surface area contributed by atoms with Gasteiger partial charge in [0.25, 0.3) is 5.91 Å². The minimum Gasteiger partial charge on any atom is -0.474 e. The van der Waals surface area contributed by atoms with Gasteiger partial charge in [-0.15, -0.1) is 0 Å². The summed E-state index contributed by atoms with van der Waals surface area (Å²) in [5, 5.41) is 0.963. The van der Waals surface area contributed by atoms with E-state index in [9.17, 15) is 4.79 Å². The minimum absolute atomic E-state index is 0.153. The third-order valence-electron chi connectivity index (χ3n) is 6.07. The van der Waals surface area contributed by atoms with Crippen LogP contribution in [0, 0.1) is 0 Å². The molecular weight excluding hydrogens is 356 g/mol. The van der Waals surface area contributed by atoms with Crippen molar-refractivity contribution in [3.63, 3.8) is 0 Å². The summed E-state index contributed by atoms with van der Waals surface area (Å²) in [4.78, 5) is 25.6. The molecule has 28 heavy (non-hydrogen) atoms. The van der Waals surface area contributed by atoms with Gasteiger partial charge in [-0.05, 0) is 50.3 Å². The molecule has 148 valence electrons. The van der Waals surface area contributed by atoms with E-state index in [0.29, 0.717) is 12.5 Å². The van der Waals surface area contributed by atoms with Crippen molar-refractivity contribution < 1.29 is 14.3 Å². The van der Waals surface area contributed by atoms with E-state index in [1.165, 1.54) is 6.42 Å². The summed E-state index contributed by atoms with van der Waals surface area (Å²) in [6.07, 6.45) is 6.91. The number of carbonyl (C=O) groups is 1. The topological polar surface area (TPSA) is 67.8 Å². The summed E-state index contributed by atoms with van der Waals surface area (Å²) < 4.78 is 11.6. The molecule has 1 saturated carbocycles. The number of fused-ring (bicyclic) bond motifs is 1. The van der Waals surface area contributed by atoms with E-state index in [0.717, 1.165) is 68.5 Å². The number of amides is 1. The number of carbonyl (C=O) groups excluding carboxylic acids is 1. The third kappa shape index (κ3) is 3.39. The summed E-state index contributed by atoms with van der Waals surface area (Å²) in [5.41, 5.74) is 2.03. The van der Waals surface area contributed by atoms with Crippen LogP contribution in [0.15, 0.2) is 24.5 Å². The predicted octanol–water partition coefficient (Wildman–Crippen LogP) is 2.39. The second-order valence-corrected chi connectivity index (χ2v) is 7.87.